The van der Waals surface area contributed by atoms with Crippen molar-refractivity contribution in [2.75, 3.05) is 0 Å². The summed E-state index contributed by atoms with van der Waals surface area (Å²) in [5.74, 6) is 0.977. The maximum Gasteiger partial charge on any atom is 0.293 e. The van der Waals surface area contributed by atoms with Crippen LogP contribution < -0.4 is 0 Å². The van der Waals surface area contributed by atoms with Gasteiger partial charge in [-0.1, -0.05) is 5.16 Å². The van der Waals surface area contributed by atoms with Crippen molar-refractivity contribution in [3.63, 3.8) is 0 Å². The molecular weight excluding hydrogens is 158 g/mol. The first-order valence-electron chi connectivity index (χ1n) is 3.61. The molecule has 66 valence electrons. The van der Waals surface area contributed by atoms with E-state index < -0.39 is 0 Å². The second kappa shape index (κ2) is 2.97. The number of rotatable bonds is 1. The van der Waals surface area contributed by atoms with E-state index in [9.17, 15) is 4.79 Å². The topological polar surface area (TPSA) is 52.3 Å². The Bertz CT molecular complexity index is 248. The first kappa shape index (κ1) is 8.77. The monoisotopic (exact) mass is 169 g/mol. The van der Waals surface area contributed by atoms with Crippen molar-refractivity contribution in [3.05, 3.63) is 6.07 Å². The number of aromatic nitrogens is 1. The summed E-state index contributed by atoms with van der Waals surface area (Å²) in [7, 11) is 0. The van der Waals surface area contributed by atoms with E-state index >= 15 is 0 Å². The molecule has 0 N–H and O–H groups in total. The number of carbonyl (C=O) groups is 1. The summed E-state index contributed by atoms with van der Waals surface area (Å²) in [6.07, 6.45) is 0. The fourth-order valence-electron chi connectivity index (χ4n) is 0.436. The van der Waals surface area contributed by atoms with Gasteiger partial charge in [-0.15, -0.1) is 0 Å². The fourth-order valence-corrected chi connectivity index (χ4v) is 0.436. The maximum absolute atomic E-state index is 9.60. The number of ether oxygens (including phenoxy) is 1. The van der Waals surface area contributed by atoms with Gasteiger partial charge < -0.3 is 9.26 Å². The Morgan fingerprint density at radius 3 is 2.17 bits per heavy atom. The average molecular weight is 169 g/mol. The van der Waals surface area contributed by atoms with Crippen molar-refractivity contribution >= 4 is 6.47 Å². The standard InChI is InChI=1S/C5H10O2.C3HNO/c1-5(2,3)7-4-6;1-2-3(1)5-4-2/h4H,1-3H3;1H. The van der Waals surface area contributed by atoms with Gasteiger partial charge in [0.2, 0.25) is 0 Å². The van der Waals surface area contributed by atoms with E-state index in [2.05, 4.69) is 14.4 Å². The number of carbonyl (C=O) groups excluding carboxylic acids is 1. The molecule has 0 aromatic heterocycles. The minimum atomic E-state index is -0.318. The van der Waals surface area contributed by atoms with Crippen LogP contribution in [-0.4, -0.2) is 17.2 Å². The molecule has 4 heteroatoms. The zero-order valence-electron chi connectivity index (χ0n) is 7.33. The number of fused-ring (bicyclic) bond motifs is 1. The number of hydrogen-bond acceptors (Lipinski definition) is 4. The van der Waals surface area contributed by atoms with Gasteiger partial charge in [-0.2, -0.15) is 0 Å². The zero-order chi connectivity index (χ0) is 9.19. The van der Waals surface area contributed by atoms with E-state index in [1.165, 1.54) is 0 Å². The molecule has 0 saturated carbocycles. The summed E-state index contributed by atoms with van der Waals surface area (Å²) in [6.45, 7) is 5.92. The molecule has 0 saturated heterocycles. The van der Waals surface area contributed by atoms with Gasteiger partial charge in [0.1, 0.15) is 5.60 Å². The third-order valence-electron chi connectivity index (χ3n) is 1.08. The summed E-state index contributed by atoms with van der Waals surface area (Å²) in [4.78, 5) is 9.60. The molecule has 1 aliphatic heterocycles. The molecule has 2 aliphatic rings. The molecular formula is C8H11NO3. The van der Waals surface area contributed by atoms with Crippen molar-refractivity contribution in [3.8, 4) is 11.5 Å². The molecule has 4 nitrogen and oxygen atoms in total. The van der Waals surface area contributed by atoms with Crippen LogP contribution in [0.15, 0.2) is 10.6 Å². The van der Waals surface area contributed by atoms with Gasteiger partial charge in [0, 0.05) is 6.07 Å². The van der Waals surface area contributed by atoms with Gasteiger partial charge in [0.25, 0.3) is 6.47 Å². The molecule has 0 fully saturated rings. The Kier molecular flexibility index (Phi) is 2.17. The minimum absolute atomic E-state index is 0.318. The Morgan fingerprint density at radius 1 is 1.58 bits per heavy atom. The molecule has 0 spiro atoms. The highest BCUT2D eigenvalue weighted by Crippen LogP contribution is 2.32. The van der Waals surface area contributed by atoms with Crippen molar-refractivity contribution in [2.45, 2.75) is 26.4 Å². The van der Waals surface area contributed by atoms with E-state index in [4.69, 9.17) is 0 Å². The molecule has 0 unspecified atom stereocenters. The quantitative estimate of drug-likeness (QED) is 0.608. The lowest BCUT2D eigenvalue weighted by atomic mass is 10.2. The first-order valence-corrected chi connectivity index (χ1v) is 3.61. The maximum atomic E-state index is 9.60. The van der Waals surface area contributed by atoms with E-state index in [1.54, 1.807) is 0 Å². The lowest BCUT2D eigenvalue weighted by Crippen LogP contribution is -2.17. The summed E-state index contributed by atoms with van der Waals surface area (Å²) in [5.41, 5.74) is 0.729. The zero-order valence-corrected chi connectivity index (χ0v) is 7.33. The molecule has 1 aliphatic carbocycles. The van der Waals surface area contributed by atoms with Crippen molar-refractivity contribution in [2.24, 2.45) is 0 Å². The van der Waals surface area contributed by atoms with Crippen molar-refractivity contribution in [1.29, 1.82) is 0 Å². The van der Waals surface area contributed by atoms with Crippen LogP contribution in [0.1, 0.15) is 20.8 Å². The molecule has 0 amide bonds. The highest BCUT2D eigenvalue weighted by molar-refractivity contribution is 5.69. The van der Waals surface area contributed by atoms with Crippen LogP contribution in [0.2, 0.25) is 0 Å². The van der Waals surface area contributed by atoms with Crippen LogP contribution in [0.25, 0.3) is 11.5 Å². The second-order valence-electron chi connectivity index (χ2n) is 3.40. The van der Waals surface area contributed by atoms with Crippen LogP contribution in [-0.2, 0) is 9.53 Å². The Hall–Kier alpha value is -1.32. The molecule has 1 heterocycles. The van der Waals surface area contributed by atoms with Crippen LogP contribution >= 0.6 is 0 Å². The third kappa shape index (κ3) is 2.74. The number of nitrogens with zero attached hydrogens (tertiary/aromatic N) is 1. The van der Waals surface area contributed by atoms with Crippen LogP contribution in [0, 0.1) is 0 Å². The lowest BCUT2D eigenvalue weighted by Gasteiger charge is -2.14. The Balaban J connectivity index is 0.000000123. The van der Waals surface area contributed by atoms with Crippen LogP contribution in [0.5, 0.6) is 0 Å². The molecule has 0 aromatic rings. The predicted octanol–water partition coefficient (Wildman–Crippen LogP) is 1.61. The SMILES string of the molecule is CC(C)(C)OC=O.c1c2noc1-2. The first-order chi connectivity index (χ1) is 5.53. The molecule has 12 heavy (non-hydrogen) atoms. The fraction of sp³-hybridized carbons (Fsp3) is 0.500. The molecule has 0 aromatic carbocycles. The smallest absolute Gasteiger partial charge is 0.293 e. The minimum Gasteiger partial charge on any atom is -0.462 e. The van der Waals surface area contributed by atoms with E-state index in [0.717, 1.165) is 11.5 Å². The average Bonchev–Trinajstić information content (AvgIpc) is 2.37. The van der Waals surface area contributed by atoms with Gasteiger partial charge in [0.15, 0.2) is 11.5 Å². The molecule has 2 rings (SSSR count). The normalized spacial score (nSPS) is 11.2. The largest absolute Gasteiger partial charge is 0.462 e. The van der Waals surface area contributed by atoms with Crippen molar-refractivity contribution < 1.29 is 14.1 Å². The van der Waals surface area contributed by atoms with Crippen LogP contribution in [0.4, 0.5) is 0 Å². The van der Waals surface area contributed by atoms with E-state index in [-0.39, 0.29) is 5.60 Å². The third-order valence-corrected chi connectivity index (χ3v) is 1.08. The summed E-state index contributed by atoms with van der Waals surface area (Å²) < 4.78 is 9.00. The van der Waals surface area contributed by atoms with Gasteiger partial charge in [-0.05, 0) is 20.8 Å². The van der Waals surface area contributed by atoms with Gasteiger partial charge in [0.05, 0.1) is 0 Å². The predicted molar refractivity (Wildman–Crippen MR) is 42.4 cm³/mol. The summed E-state index contributed by atoms with van der Waals surface area (Å²) in [6, 6.07) is 1.89. The Labute approximate surface area is 70.5 Å². The van der Waals surface area contributed by atoms with Crippen LogP contribution in [0.3, 0.4) is 0 Å². The lowest BCUT2D eigenvalue weighted by molar-refractivity contribution is -0.138. The Morgan fingerprint density at radius 2 is 2.17 bits per heavy atom. The summed E-state index contributed by atoms with van der Waals surface area (Å²) in [5, 5.41) is 3.47. The number of hydrogen-bond donors (Lipinski definition) is 0. The van der Waals surface area contributed by atoms with Gasteiger partial charge in [-0.25, -0.2) is 0 Å². The molecule has 0 bridgehead atoms. The van der Waals surface area contributed by atoms with E-state index in [1.807, 2.05) is 26.8 Å². The van der Waals surface area contributed by atoms with E-state index in [0.29, 0.717) is 6.47 Å². The molecule has 0 atom stereocenters. The van der Waals surface area contributed by atoms with Gasteiger partial charge in [-0.3, -0.25) is 4.79 Å². The summed E-state index contributed by atoms with van der Waals surface area (Å²) >= 11 is 0. The van der Waals surface area contributed by atoms with Crippen molar-refractivity contribution in [1.82, 2.24) is 5.16 Å². The second-order valence-corrected chi connectivity index (χ2v) is 3.40. The highest BCUT2D eigenvalue weighted by Gasteiger charge is 2.20. The highest BCUT2D eigenvalue weighted by atomic mass is 16.5. The van der Waals surface area contributed by atoms with Gasteiger partial charge >= 0.3 is 0 Å². The molecule has 0 radical (unpaired) electrons.